The summed E-state index contributed by atoms with van der Waals surface area (Å²) >= 11 is 0. The summed E-state index contributed by atoms with van der Waals surface area (Å²) in [5.74, 6) is 0.762. The van der Waals surface area contributed by atoms with E-state index in [1.807, 2.05) is 6.07 Å². The molecule has 3 aromatic rings. The molecule has 1 unspecified atom stereocenters. The number of hydrogen-bond donors (Lipinski definition) is 3. The predicted molar refractivity (Wildman–Crippen MR) is 103 cm³/mol. The monoisotopic (exact) mass is 352 g/mol. The van der Waals surface area contributed by atoms with Crippen LogP contribution in [0, 0.1) is 0 Å². The Balaban J connectivity index is 1.83. The quantitative estimate of drug-likeness (QED) is 0.577. The number of fused-ring (bicyclic) bond motifs is 3. The molecule has 1 aliphatic heterocycles. The van der Waals surface area contributed by atoms with E-state index in [1.165, 1.54) is 18.4 Å². The second-order valence-corrected chi connectivity index (χ2v) is 7.11. The van der Waals surface area contributed by atoms with Gasteiger partial charge in [-0.2, -0.15) is 9.97 Å². The Bertz CT molecular complexity index is 989. The molecule has 7 nitrogen and oxygen atoms in total. The fraction of sp³-hybridized carbons (Fsp3) is 0.421. The number of anilines is 2. The van der Waals surface area contributed by atoms with Crippen molar-refractivity contribution in [1.29, 1.82) is 0 Å². The van der Waals surface area contributed by atoms with E-state index in [0.717, 1.165) is 24.8 Å². The Hall–Kier alpha value is -2.83. The molecular weight excluding hydrogens is 328 g/mol. The van der Waals surface area contributed by atoms with E-state index in [4.69, 9.17) is 5.73 Å². The van der Waals surface area contributed by atoms with Crippen molar-refractivity contribution in [1.82, 2.24) is 19.5 Å². The average molecular weight is 352 g/mol. The van der Waals surface area contributed by atoms with Crippen molar-refractivity contribution >= 4 is 22.9 Å². The van der Waals surface area contributed by atoms with E-state index in [9.17, 15) is 4.79 Å². The third kappa shape index (κ3) is 3.29. The van der Waals surface area contributed by atoms with Gasteiger partial charge in [-0.05, 0) is 37.3 Å². The van der Waals surface area contributed by atoms with E-state index in [-0.39, 0.29) is 11.7 Å². The zero-order valence-electron chi connectivity index (χ0n) is 15.0. The molecule has 136 valence electrons. The first kappa shape index (κ1) is 16.6. The summed E-state index contributed by atoms with van der Waals surface area (Å²) in [7, 11) is 0. The number of aromatic amines is 1. The molecule has 4 N–H and O–H groups in total. The molecule has 2 aromatic heterocycles. The number of hydrogen-bond acceptors (Lipinski definition) is 5. The van der Waals surface area contributed by atoms with Gasteiger partial charge < -0.3 is 16.0 Å². The summed E-state index contributed by atoms with van der Waals surface area (Å²) in [5.41, 5.74) is 9.28. The van der Waals surface area contributed by atoms with Crippen molar-refractivity contribution in [3.63, 3.8) is 0 Å². The van der Waals surface area contributed by atoms with Gasteiger partial charge in [0, 0.05) is 6.04 Å². The predicted octanol–water partition coefficient (Wildman–Crippen LogP) is 2.67. The number of nitrogens with one attached hydrogen (secondary N) is 2. The molecule has 4 bridgehead atoms. The number of imidazole rings is 1. The van der Waals surface area contributed by atoms with Crippen LogP contribution in [0.2, 0.25) is 0 Å². The summed E-state index contributed by atoms with van der Waals surface area (Å²) in [6.45, 7) is 2.58. The van der Waals surface area contributed by atoms with Gasteiger partial charge in [0.05, 0.1) is 6.54 Å². The number of nitrogens with zero attached hydrogens (tertiary/aromatic N) is 3. The molecule has 1 atom stereocenters. The normalized spacial score (nSPS) is 18.3. The van der Waals surface area contributed by atoms with Gasteiger partial charge in [0.2, 0.25) is 5.95 Å². The van der Waals surface area contributed by atoms with Crippen LogP contribution in [0.15, 0.2) is 29.1 Å². The van der Waals surface area contributed by atoms with E-state index >= 15 is 0 Å². The first-order valence-electron chi connectivity index (χ1n) is 9.20. The lowest BCUT2D eigenvalue weighted by Gasteiger charge is -2.14. The van der Waals surface area contributed by atoms with Crippen LogP contribution in [0.5, 0.6) is 0 Å². The summed E-state index contributed by atoms with van der Waals surface area (Å²) in [6, 6.07) is 8.68. The van der Waals surface area contributed by atoms with Gasteiger partial charge in [0.15, 0.2) is 11.5 Å². The van der Waals surface area contributed by atoms with Crippen molar-refractivity contribution < 1.29 is 0 Å². The molecule has 1 aromatic carbocycles. The van der Waals surface area contributed by atoms with Crippen molar-refractivity contribution in [2.24, 2.45) is 0 Å². The highest BCUT2D eigenvalue weighted by Gasteiger charge is 2.15. The lowest BCUT2D eigenvalue weighted by molar-refractivity contribution is 0.597. The zero-order chi connectivity index (χ0) is 18.1. The van der Waals surface area contributed by atoms with Crippen molar-refractivity contribution in [3.05, 3.63) is 45.9 Å². The van der Waals surface area contributed by atoms with E-state index < -0.39 is 0 Å². The molecule has 0 fully saturated rings. The van der Waals surface area contributed by atoms with E-state index in [0.29, 0.717) is 29.5 Å². The molecule has 7 heteroatoms. The summed E-state index contributed by atoms with van der Waals surface area (Å²) < 4.78 is 1.63. The number of nitrogens with two attached hydrogens (primary N) is 1. The van der Waals surface area contributed by atoms with Gasteiger partial charge in [-0.25, -0.2) is 4.79 Å². The van der Waals surface area contributed by atoms with Crippen molar-refractivity contribution in [2.45, 2.75) is 51.6 Å². The van der Waals surface area contributed by atoms with Crippen LogP contribution >= 0.6 is 0 Å². The van der Waals surface area contributed by atoms with Crippen LogP contribution in [0.1, 0.15) is 43.7 Å². The maximum atomic E-state index is 12.5. The van der Waals surface area contributed by atoms with E-state index in [1.54, 1.807) is 4.57 Å². The Morgan fingerprint density at radius 1 is 1.19 bits per heavy atom. The first-order valence-corrected chi connectivity index (χ1v) is 9.20. The van der Waals surface area contributed by atoms with Crippen molar-refractivity contribution in [2.75, 3.05) is 11.1 Å². The highest BCUT2D eigenvalue weighted by molar-refractivity contribution is 5.82. The number of aromatic nitrogens is 4. The standard InChI is InChI=1S/C19H24N6O/c1-12-6-3-2-4-7-13-8-5-9-14(10-13)11-25-17-15(22-19(25)26)16(20)23-18(21-12)24-17/h5,8-10,12H,2-4,6-7,11H2,1H3,(H,22,26)(H3,20,21,23,24). The maximum absolute atomic E-state index is 12.5. The number of benzene rings is 1. The minimum absolute atomic E-state index is 0.221. The van der Waals surface area contributed by atoms with Crippen molar-refractivity contribution in [3.8, 4) is 0 Å². The molecule has 0 aliphatic carbocycles. The highest BCUT2D eigenvalue weighted by Crippen LogP contribution is 2.20. The van der Waals surface area contributed by atoms with Gasteiger partial charge in [0.25, 0.3) is 0 Å². The summed E-state index contributed by atoms with van der Waals surface area (Å²) in [5, 5.41) is 3.32. The average Bonchev–Trinajstić information content (AvgIpc) is 2.91. The zero-order valence-corrected chi connectivity index (χ0v) is 15.0. The Kier molecular flexibility index (Phi) is 4.36. The lowest BCUT2D eigenvalue weighted by atomic mass is 10.0. The molecule has 0 saturated heterocycles. The second kappa shape index (κ2) is 6.82. The van der Waals surface area contributed by atoms with Gasteiger partial charge >= 0.3 is 5.69 Å². The summed E-state index contributed by atoms with van der Waals surface area (Å²) in [6.07, 6.45) is 5.62. The third-order valence-electron chi connectivity index (χ3n) is 4.96. The van der Waals surface area contributed by atoms with Gasteiger partial charge in [-0.3, -0.25) is 4.57 Å². The van der Waals surface area contributed by atoms with E-state index in [2.05, 4.69) is 45.4 Å². The van der Waals surface area contributed by atoms with Gasteiger partial charge in [0.1, 0.15) is 5.52 Å². The first-order chi connectivity index (χ1) is 12.6. The molecule has 4 rings (SSSR count). The van der Waals surface area contributed by atoms with Crippen LogP contribution in [-0.2, 0) is 13.0 Å². The lowest BCUT2D eigenvalue weighted by Crippen LogP contribution is -2.19. The van der Waals surface area contributed by atoms with Crippen LogP contribution in [0.4, 0.5) is 11.8 Å². The third-order valence-corrected chi connectivity index (χ3v) is 4.96. The second-order valence-electron chi connectivity index (χ2n) is 7.11. The minimum Gasteiger partial charge on any atom is -0.382 e. The van der Waals surface area contributed by atoms with Crippen LogP contribution in [0.25, 0.3) is 11.2 Å². The highest BCUT2D eigenvalue weighted by atomic mass is 16.1. The molecule has 0 amide bonds. The van der Waals surface area contributed by atoms with Gasteiger partial charge in [-0.1, -0.05) is 37.1 Å². The van der Waals surface area contributed by atoms with Crippen LogP contribution in [0.3, 0.4) is 0 Å². The van der Waals surface area contributed by atoms with Gasteiger partial charge in [-0.15, -0.1) is 0 Å². The Labute approximate surface area is 151 Å². The smallest absolute Gasteiger partial charge is 0.328 e. The topological polar surface area (TPSA) is 102 Å². The maximum Gasteiger partial charge on any atom is 0.328 e. The molecule has 3 heterocycles. The number of H-pyrrole nitrogens is 1. The largest absolute Gasteiger partial charge is 0.382 e. The number of aryl methyl sites for hydroxylation is 1. The van der Waals surface area contributed by atoms with Crippen LogP contribution in [-0.4, -0.2) is 25.6 Å². The summed E-state index contributed by atoms with van der Waals surface area (Å²) in [4.78, 5) is 24.1. The fourth-order valence-corrected chi connectivity index (χ4v) is 3.58. The molecule has 1 aliphatic rings. The van der Waals surface area contributed by atoms with Crippen LogP contribution < -0.4 is 16.7 Å². The minimum atomic E-state index is -0.221. The fourth-order valence-electron chi connectivity index (χ4n) is 3.58. The number of nitrogen functional groups attached to an aromatic ring is 1. The Morgan fingerprint density at radius 3 is 2.92 bits per heavy atom. The Morgan fingerprint density at radius 2 is 2.04 bits per heavy atom. The molecule has 26 heavy (non-hydrogen) atoms. The molecule has 0 spiro atoms. The SMILES string of the molecule is CC1CCCCCc2cccc(c2)Cn2c(=O)[nH]c3c(N)nc(nc32)N1. The molecular formula is C19H24N6O. The molecule has 0 saturated carbocycles. The number of rotatable bonds is 0. The molecule has 0 radical (unpaired) electrons.